The Morgan fingerprint density at radius 3 is 2.94 bits per heavy atom. The summed E-state index contributed by atoms with van der Waals surface area (Å²) in [5.41, 5.74) is 1.63. The Morgan fingerprint density at radius 1 is 1.24 bits per heavy atom. The average molecular weight is 525 g/mol. The molecule has 2 aromatic carbocycles. The second kappa shape index (κ2) is 9.50. The van der Waals surface area contributed by atoms with Crippen molar-refractivity contribution in [2.24, 2.45) is 5.92 Å². The van der Waals surface area contributed by atoms with Crippen molar-refractivity contribution in [3.63, 3.8) is 0 Å². The number of para-hydroxylation sites is 1. The number of benzene rings is 2. The Kier molecular flexibility index (Phi) is 6.44. The van der Waals surface area contributed by atoms with Crippen molar-refractivity contribution in [1.82, 2.24) is 20.4 Å². The van der Waals surface area contributed by atoms with Crippen molar-refractivity contribution >= 4 is 21.8 Å². The lowest BCUT2D eigenvalue weighted by atomic mass is 9.88. The highest BCUT2D eigenvalue weighted by molar-refractivity contribution is 9.10. The summed E-state index contributed by atoms with van der Waals surface area (Å²) in [5.74, 6) is 2.02. The molecule has 5 rings (SSSR count). The number of hydrogen-bond donors (Lipinski definition) is 1. The van der Waals surface area contributed by atoms with E-state index in [0.717, 1.165) is 47.2 Å². The summed E-state index contributed by atoms with van der Waals surface area (Å²) >= 11 is 3.48. The number of hydrogen-bond acceptors (Lipinski definition) is 6. The van der Waals surface area contributed by atoms with Crippen molar-refractivity contribution in [2.45, 2.75) is 51.3 Å². The summed E-state index contributed by atoms with van der Waals surface area (Å²) < 4.78 is 12.6. The predicted octanol–water partition coefficient (Wildman–Crippen LogP) is 5.13. The molecule has 34 heavy (non-hydrogen) atoms. The van der Waals surface area contributed by atoms with Crippen LogP contribution in [0.4, 0.5) is 0 Å². The third-order valence-corrected chi connectivity index (χ3v) is 6.97. The van der Waals surface area contributed by atoms with Gasteiger partial charge >= 0.3 is 0 Å². The third kappa shape index (κ3) is 5.18. The van der Waals surface area contributed by atoms with Gasteiger partial charge in [0.1, 0.15) is 11.4 Å². The van der Waals surface area contributed by atoms with Gasteiger partial charge in [0.15, 0.2) is 0 Å². The summed E-state index contributed by atoms with van der Waals surface area (Å²) in [6, 6.07) is 15.8. The molecule has 2 unspecified atom stereocenters. The van der Waals surface area contributed by atoms with Gasteiger partial charge in [-0.05, 0) is 51.4 Å². The van der Waals surface area contributed by atoms with Crippen molar-refractivity contribution in [3.8, 4) is 17.1 Å². The van der Waals surface area contributed by atoms with Crippen LogP contribution in [0.5, 0.6) is 5.75 Å². The molecule has 1 aromatic heterocycles. The second-order valence-corrected chi connectivity index (χ2v) is 10.7. The molecular weight excluding hydrogens is 496 g/mol. The van der Waals surface area contributed by atoms with Crippen LogP contribution in [0.2, 0.25) is 0 Å². The molecule has 0 saturated carbocycles. The van der Waals surface area contributed by atoms with E-state index < -0.39 is 0 Å². The number of rotatable bonds is 5. The Bertz CT molecular complexity index is 1180. The smallest absolute Gasteiger partial charge is 0.241 e. The van der Waals surface area contributed by atoms with Crippen LogP contribution in [0.15, 0.2) is 57.5 Å². The molecule has 7 nitrogen and oxygen atoms in total. The fourth-order valence-corrected chi connectivity index (χ4v) is 5.29. The van der Waals surface area contributed by atoms with Crippen LogP contribution < -0.4 is 10.1 Å². The maximum absolute atomic E-state index is 13.3. The van der Waals surface area contributed by atoms with E-state index >= 15 is 0 Å². The number of piperidine rings is 1. The maximum atomic E-state index is 13.3. The van der Waals surface area contributed by atoms with Gasteiger partial charge in [0.2, 0.25) is 17.6 Å². The lowest BCUT2D eigenvalue weighted by molar-refractivity contribution is -0.128. The van der Waals surface area contributed by atoms with Crippen molar-refractivity contribution in [3.05, 3.63) is 64.5 Å². The zero-order valence-electron chi connectivity index (χ0n) is 19.5. The van der Waals surface area contributed by atoms with Crippen LogP contribution >= 0.6 is 15.9 Å². The zero-order chi connectivity index (χ0) is 23.7. The zero-order valence-corrected chi connectivity index (χ0v) is 21.0. The molecule has 2 aliphatic heterocycles. The Hall–Kier alpha value is -2.71. The summed E-state index contributed by atoms with van der Waals surface area (Å²) in [4.78, 5) is 20.1. The van der Waals surface area contributed by atoms with Crippen molar-refractivity contribution in [1.29, 1.82) is 0 Å². The topological polar surface area (TPSA) is 80.5 Å². The molecule has 1 saturated heterocycles. The summed E-state index contributed by atoms with van der Waals surface area (Å²) in [6.07, 6.45) is 2.58. The van der Waals surface area contributed by atoms with Gasteiger partial charge in [-0.3, -0.25) is 9.69 Å². The molecule has 2 atom stereocenters. The Morgan fingerprint density at radius 2 is 2.09 bits per heavy atom. The van der Waals surface area contributed by atoms with E-state index in [1.165, 1.54) is 0 Å². The minimum atomic E-state index is -0.324. The van der Waals surface area contributed by atoms with E-state index in [1.807, 2.05) is 48.5 Å². The molecule has 3 heterocycles. The maximum Gasteiger partial charge on any atom is 0.241 e. The molecule has 3 aromatic rings. The average Bonchev–Trinajstić information content (AvgIpc) is 3.27. The normalized spacial score (nSPS) is 22.0. The van der Waals surface area contributed by atoms with E-state index in [4.69, 9.17) is 9.26 Å². The molecule has 1 amide bonds. The second-order valence-electron chi connectivity index (χ2n) is 9.76. The van der Waals surface area contributed by atoms with Crippen LogP contribution in [-0.4, -0.2) is 39.6 Å². The van der Waals surface area contributed by atoms with Gasteiger partial charge in [-0.25, -0.2) is 0 Å². The van der Waals surface area contributed by atoms with E-state index in [1.54, 1.807) is 0 Å². The standard InChI is InChI=1S/C26H29BrN4O3/c1-26(2)14-21(20-10-3-4-11-22(20)33-26)28-25(32)18-8-6-12-31(15-18)16-23-29-24(30-34-23)17-7-5-9-19(27)13-17/h3-5,7,9-11,13,18,21H,6,8,12,14-16H2,1-2H3,(H,28,32). The van der Waals surface area contributed by atoms with Gasteiger partial charge in [-0.15, -0.1) is 0 Å². The van der Waals surface area contributed by atoms with Crippen LogP contribution in [0, 0.1) is 5.92 Å². The fourth-order valence-electron chi connectivity index (χ4n) is 4.89. The lowest BCUT2D eigenvalue weighted by Crippen LogP contribution is -2.46. The number of halogens is 1. The number of ether oxygens (including phenoxy) is 1. The number of likely N-dealkylation sites (tertiary alicyclic amines) is 1. The van der Waals surface area contributed by atoms with Crippen molar-refractivity contribution < 1.29 is 14.1 Å². The molecule has 0 bridgehead atoms. The van der Waals surface area contributed by atoms with Gasteiger partial charge in [0, 0.05) is 28.6 Å². The SMILES string of the molecule is CC1(C)CC(NC(=O)C2CCCN(Cc3nc(-c4cccc(Br)c4)no3)C2)c2ccccc2O1. The van der Waals surface area contributed by atoms with E-state index in [2.05, 4.69) is 50.1 Å². The van der Waals surface area contributed by atoms with Gasteiger partial charge < -0.3 is 14.6 Å². The molecule has 0 radical (unpaired) electrons. The highest BCUT2D eigenvalue weighted by Crippen LogP contribution is 2.39. The first-order valence-electron chi connectivity index (χ1n) is 11.8. The van der Waals surface area contributed by atoms with Crippen molar-refractivity contribution in [2.75, 3.05) is 13.1 Å². The molecule has 1 N–H and O–H groups in total. The number of amides is 1. The first-order valence-corrected chi connectivity index (χ1v) is 12.5. The lowest BCUT2D eigenvalue weighted by Gasteiger charge is -2.39. The van der Waals surface area contributed by atoms with Crippen LogP contribution in [-0.2, 0) is 11.3 Å². The number of nitrogens with zero attached hydrogens (tertiary/aromatic N) is 3. The third-order valence-electron chi connectivity index (χ3n) is 6.48. The van der Waals surface area contributed by atoms with E-state index in [0.29, 0.717) is 24.8 Å². The quantitative estimate of drug-likeness (QED) is 0.498. The molecule has 1 fully saturated rings. The minimum absolute atomic E-state index is 0.0495. The summed E-state index contributed by atoms with van der Waals surface area (Å²) in [5, 5.41) is 7.45. The number of carbonyl (C=O) groups excluding carboxylic acids is 1. The molecule has 178 valence electrons. The van der Waals surface area contributed by atoms with E-state index in [-0.39, 0.29) is 23.5 Å². The number of carbonyl (C=O) groups is 1. The Balaban J connectivity index is 1.22. The largest absolute Gasteiger partial charge is 0.487 e. The first-order chi connectivity index (χ1) is 16.4. The Labute approximate surface area is 208 Å². The molecule has 0 spiro atoms. The van der Waals surface area contributed by atoms with Gasteiger partial charge in [0.25, 0.3) is 0 Å². The van der Waals surface area contributed by atoms with Gasteiger partial charge in [-0.1, -0.05) is 51.4 Å². The predicted molar refractivity (Wildman–Crippen MR) is 132 cm³/mol. The van der Waals surface area contributed by atoms with Gasteiger partial charge in [-0.2, -0.15) is 4.98 Å². The number of nitrogens with one attached hydrogen (secondary N) is 1. The summed E-state index contributed by atoms with van der Waals surface area (Å²) in [7, 11) is 0. The van der Waals surface area contributed by atoms with E-state index in [9.17, 15) is 4.79 Å². The molecular formula is C26H29BrN4O3. The first kappa shape index (κ1) is 23.1. The molecule has 8 heteroatoms. The van der Waals surface area contributed by atoms with Crippen LogP contribution in [0.3, 0.4) is 0 Å². The number of aromatic nitrogens is 2. The summed E-state index contributed by atoms with van der Waals surface area (Å²) in [6.45, 7) is 6.26. The molecule has 2 aliphatic rings. The number of fused-ring (bicyclic) bond motifs is 1. The van der Waals surface area contributed by atoms with Crippen LogP contribution in [0.1, 0.15) is 50.6 Å². The highest BCUT2D eigenvalue weighted by atomic mass is 79.9. The highest BCUT2D eigenvalue weighted by Gasteiger charge is 2.36. The molecule has 0 aliphatic carbocycles. The van der Waals surface area contributed by atoms with Gasteiger partial charge in [0.05, 0.1) is 18.5 Å². The monoisotopic (exact) mass is 524 g/mol. The fraction of sp³-hybridized carbons (Fsp3) is 0.423. The van der Waals surface area contributed by atoms with Crippen LogP contribution in [0.25, 0.3) is 11.4 Å². The minimum Gasteiger partial charge on any atom is -0.487 e.